The number of dihydropyridines is 1. The van der Waals surface area contributed by atoms with Crippen molar-refractivity contribution in [3.63, 3.8) is 0 Å². The fraction of sp³-hybridized carbons (Fsp3) is 0.432. The highest BCUT2D eigenvalue weighted by atomic mass is 15.2. The molecule has 0 radical (unpaired) electrons. The van der Waals surface area contributed by atoms with Crippen molar-refractivity contribution in [2.75, 3.05) is 0 Å². The summed E-state index contributed by atoms with van der Waals surface area (Å²) in [7, 11) is 0. The van der Waals surface area contributed by atoms with Crippen molar-refractivity contribution in [1.82, 2.24) is 14.8 Å². The zero-order valence-electron chi connectivity index (χ0n) is 28.7. The molecule has 0 bridgehead atoms. The molecule has 6 aliphatic carbocycles. The molecular weight excluding hydrogens is 613 g/mol. The van der Waals surface area contributed by atoms with E-state index >= 15 is 0 Å². The van der Waals surface area contributed by atoms with E-state index in [4.69, 9.17) is 0 Å². The van der Waals surface area contributed by atoms with E-state index in [1.807, 2.05) is 0 Å². The van der Waals surface area contributed by atoms with E-state index < -0.39 is 0 Å². The number of allylic oxidation sites excluding steroid dienone is 10. The molecule has 2 aliphatic heterocycles. The summed E-state index contributed by atoms with van der Waals surface area (Å²) in [4.78, 5) is 2.68. The minimum absolute atomic E-state index is 0.0756. The molecule has 0 amide bonds. The van der Waals surface area contributed by atoms with Gasteiger partial charge in [-0.15, -0.1) is 0 Å². The van der Waals surface area contributed by atoms with Gasteiger partial charge in [-0.25, -0.2) is 0 Å². The Morgan fingerprint density at radius 1 is 0.820 bits per heavy atom. The third kappa shape index (κ3) is 5.10. The maximum atomic E-state index is 10.0. The molecule has 1 aromatic heterocycles. The SMILES string of the molecule is N#CC1=Cc2c3c(n(C4CC(N5C6=C(CCC=C6)C6C=CC=CC65)=CC(C5C=CC=C(C6CCCCC6C#N)N5)C4)c2CC1)CCC(C#N)=C3. The van der Waals surface area contributed by atoms with E-state index in [1.54, 1.807) is 5.57 Å². The van der Waals surface area contributed by atoms with Crippen molar-refractivity contribution in [2.45, 2.75) is 95.2 Å². The number of fused-ring (bicyclic) bond motifs is 5. The average molecular weight is 657 g/mol. The summed E-state index contributed by atoms with van der Waals surface area (Å²) >= 11 is 0. The Kier molecular flexibility index (Phi) is 7.89. The Labute approximate surface area is 296 Å². The predicted molar refractivity (Wildman–Crippen MR) is 196 cm³/mol. The number of hydrogen-bond donors (Lipinski definition) is 1. The third-order valence-corrected chi connectivity index (χ3v) is 12.7. The Morgan fingerprint density at radius 3 is 2.34 bits per heavy atom. The molecule has 3 heterocycles. The third-order valence-electron chi connectivity index (χ3n) is 12.7. The summed E-state index contributed by atoms with van der Waals surface area (Å²) in [5.41, 5.74) is 12.2. The standard InChI is InChI=1S/C44H44N6/c45-25-28-16-18-43-37(20-28)38-21-29(26-46)17-19-44(38)50(43)33-23-31(39-12-7-13-40(48-39)34-9-2-1-8-30(34)27-47)22-32(24-33)49-41-14-5-3-10-35(41)36-11-4-6-15-42(36)49/h3,5-7,10,12-15,20-22,30-31,33-35,39,41,48H,1-2,4,8-9,11,16-19,23-24H2. The van der Waals surface area contributed by atoms with Gasteiger partial charge in [-0.05, 0) is 87.7 Å². The molecule has 6 heteroatoms. The second-order valence-electron chi connectivity index (χ2n) is 15.4. The molecular formula is C44H44N6. The molecule has 1 fully saturated rings. The van der Waals surface area contributed by atoms with Crippen LogP contribution in [-0.2, 0) is 12.8 Å². The van der Waals surface area contributed by atoms with Gasteiger partial charge in [-0.1, -0.05) is 61.4 Å². The first kappa shape index (κ1) is 31.0. The van der Waals surface area contributed by atoms with Gasteiger partial charge in [0.05, 0.1) is 36.2 Å². The van der Waals surface area contributed by atoms with Crippen molar-refractivity contribution in [1.29, 1.82) is 15.8 Å². The fourth-order valence-corrected chi connectivity index (χ4v) is 10.4. The summed E-state index contributed by atoms with van der Waals surface area (Å²) in [6.45, 7) is 0. The normalized spacial score (nSPS) is 32.2. The van der Waals surface area contributed by atoms with Crippen LogP contribution in [0.2, 0.25) is 0 Å². The van der Waals surface area contributed by atoms with E-state index in [9.17, 15) is 15.8 Å². The molecule has 1 aromatic rings. The summed E-state index contributed by atoms with van der Waals surface area (Å²) in [6.07, 6.45) is 39.4. The molecule has 0 saturated heterocycles. The van der Waals surface area contributed by atoms with Crippen LogP contribution in [0.15, 0.2) is 94.6 Å². The molecule has 7 unspecified atom stereocenters. The van der Waals surface area contributed by atoms with E-state index in [-0.39, 0.29) is 35.9 Å². The molecule has 0 aromatic carbocycles. The summed E-state index contributed by atoms with van der Waals surface area (Å²) < 4.78 is 2.67. The van der Waals surface area contributed by atoms with Crippen molar-refractivity contribution >= 4 is 12.2 Å². The van der Waals surface area contributed by atoms with Crippen LogP contribution in [0.4, 0.5) is 0 Å². The molecule has 8 aliphatic rings. The molecule has 6 nitrogen and oxygen atoms in total. The smallest absolute Gasteiger partial charge is 0.0947 e. The highest BCUT2D eigenvalue weighted by Gasteiger charge is 2.43. The topological polar surface area (TPSA) is 91.6 Å². The number of nitrogens with one attached hydrogen (secondary N) is 1. The molecule has 9 rings (SSSR count). The first-order chi connectivity index (χ1) is 24.6. The lowest BCUT2D eigenvalue weighted by molar-refractivity contribution is 0.267. The molecule has 50 heavy (non-hydrogen) atoms. The maximum Gasteiger partial charge on any atom is 0.0947 e. The molecule has 1 N–H and O–H groups in total. The van der Waals surface area contributed by atoms with Gasteiger partial charge >= 0.3 is 0 Å². The number of rotatable bonds is 4. The van der Waals surface area contributed by atoms with Crippen molar-refractivity contribution in [3.8, 4) is 18.2 Å². The van der Waals surface area contributed by atoms with Gasteiger partial charge in [-0.3, -0.25) is 0 Å². The van der Waals surface area contributed by atoms with Crippen LogP contribution in [0.3, 0.4) is 0 Å². The Bertz CT molecular complexity index is 1970. The lowest BCUT2D eigenvalue weighted by atomic mass is 9.76. The van der Waals surface area contributed by atoms with Gasteiger partial charge in [0.1, 0.15) is 0 Å². The number of nitriles is 3. The number of nitrogens with zero attached hydrogens (tertiary/aromatic N) is 5. The number of hydrogen-bond acceptors (Lipinski definition) is 5. The van der Waals surface area contributed by atoms with Crippen molar-refractivity contribution in [3.05, 3.63) is 117 Å². The highest BCUT2D eigenvalue weighted by Crippen LogP contribution is 2.50. The van der Waals surface area contributed by atoms with Crippen LogP contribution in [0.1, 0.15) is 92.8 Å². The van der Waals surface area contributed by atoms with Gasteiger partial charge in [-0.2, -0.15) is 15.8 Å². The molecule has 1 saturated carbocycles. The van der Waals surface area contributed by atoms with Gasteiger partial charge in [0, 0.05) is 81.0 Å². The maximum absolute atomic E-state index is 10.0. The van der Waals surface area contributed by atoms with Gasteiger partial charge in [0.25, 0.3) is 0 Å². The minimum atomic E-state index is 0.0756. The fourth-order valence-electron chi connectivity index (χ4n) is 10.4. The summed E-state index contributed by atoms with van der Waals surface area (Å²) in [5, 5.41) is 33.8. The van der Waals surface area contributed by atoms with Crippen LogP contribution in [0, 0.1) is 57.7 Å². The zero-order valence-corrected chi connectivity index (χ0v) is 28.7. The van der Waals surface area contributed by atoms with Crippen LogP contribution in [0.25, 0.3) is 12.2 Å². The minimum Gasteiger partial charge on any atom is -0.381 e. The molecule has 250 valence electrons. The van der Waals surface area contributed by atoms with Crippen LogP contribution < -0.4 is 5.32 Å². The zero-order chi connectivity index (χ0) is 33.8. The lowest BCUT2D eigenvalue weighted by Gasteiger charge is -2.42. The average Bonchev–Trinajstić information content (AvgIpc) is 3.70. The van der Waals surface area contributed by atoms with Crippen LogP contribution in [0.5, 0.6) is 0 Å². The van der Waals surface area contributed by atoms with E-state index in [2.05, 4.69) is 106 Å². The molecule has 7 atom stereocenters. The monoisotopic (exact) mass is 656 g/mol. The van der Waals surface area contributed by atoms with Crippen LogP contribution >= 0.6 is 0 Å². The molecule has 0 spiro atoms. The lowest BCUT2D eigenvalue weighted by Crippen LogP contribution is -2.42. The first-order valence-electron chi connectivity index (χ1n) is 18.9. The van der Waals surface area contributed by atoms with Gasteiger partial charge < -0.3 is 14.8 Å². The Morgan fingerprint density at radius 2 is 1.58 bits per heavy atom. The Hall–Kier alpha value is -4.99. The number of aromatic nitrogens is 1. The second-order valence-corrected chi connectivity index (χ2v) is 15.4. The van der Waals surface area contributed by atoms with Crippen molar-refractivity contribution < 1.29 is 0 Å². The van der Waals surface area contributed by atoms with Gasteiger partial charge in [0.2, 0.25) is 0 Å². The first-order valence-corrected chi connectivity index (χ1v) is 18.9. The van der Waals surface area contributed by atoms with Crippen molar-refractivity contribution in [2.24, 2.45) is 23.7 Å². The highest BCUT2D eigenvalue weighted by molar-refractivity contribution is 5.77. The van der Waals surface area contributed by atoms with Crippen LogP contribution in [-0.4, -0.2) is 21.6 Å². The quantitative estimate of drug-likeness (QED) is 0.350. The largest absolute Gasteiger partial charge is 0.381 e. The summed E-state index contributed by atoms with van der Waals surface area (Å²) in [6, 6.07) is 8.19. The summed E-state index contributed by atoms with van der Waals surface area (Å²) in [5.74, 6) is 1.01. The second kappa shape index (κ2) is 12.7. The van der Waals surface area contributed by atoms with Gasteiger partial charge in [0.15, 0.2) is 0 Å². The van der Waals surface area contributed by atoms with E-state index in [0.29, 0.717) is 5.92 Å². The predicted octanol–water partition coefficient (Wildman–Crippen LogP) is 8.80. The Balaban J connectivity index is 1.14. The van der Waals surface area contributed by atoms with E-state index in [1.165, 1.54) is 34.9 Å². The van der Waals surface area contributed by atoms with E-state index in [0.717, 1.165) is 92.9 Å².